The molecule has 0 radical (unpaired) electrons. The number of amides is 1. The first-order valence-corrected chi connectivity index (χ1v) is 9.35. The summed E-state index contributed by atoms with van der Waals surface area (Å²) in [7, 11) is 0. The predicted octanol–water partition coefficient (Wildman–Crippen LogP) is 1.49. The highest BCUT2D eigenvalue weighted by atomic mass is 32.1. The molecule has 0 spiro atoms. The molecular weight excluding hydrogens is 342 g/mol. The lowest BCUT2D eigenvalue weighted by Crippen LogP contribution is -2.32. The van der Waals surface area contributed by atoms with Crippen molar-refractivity contribution in [1.29, 1.82) is 0 Å². The van der Waals surface area contributed by atoms with Crippen molar-refractivity contribution in [3.63, 3.8) is 0 Å². The Kier molecular flexibility index (Phi) is 4.07. The van der Waals surface area contributed by atoms with Crippen LogP contribution in [0.15, 0.2) is 4.79 Å². The molecule has 25 heavy (non-hydrogen) atoms. The van der Waals surface area contributed by atoms with Crippen molar-refractivity contribution in [3.05, 3.63) is 26.6 Å². The number of likely N-dealkylation sites (tertiary alicyclic amines) is 1. The second-order valence-electron chi connectivity index (χ2n) is 6.49. The van der Waals surface area contributed by atoms with Gasteiger partial charge >= 0.3 is 5.97 Å². The highest BCUT2D eigenvalue weighted by Gasteiger charge is 2.25. The van der Waals surface area contributed by atoms with E-state index in [0.717, 1.165) is 44.6 Å². The molecule has 4 heterocycles. The fraction of sp³-hybridized carbons (Fsp3) is 0.529. The van der Waals surface area contributed by atoms with Crippen molar-refractivity contribution < 1.29 is 14.3 Å². The van der Waals surface area contributed by atoms with E-state index in [0.29, 0.717) is 27.2 Å². The molecule has 2 aromatic rings. The monoisotopic (exact) mass is 361 g/mol. The van der Waals surface area contributed by atoms with E-state index in [1.807, 2.05) is 0 Å². The third-order valence-corrected chi connectivity index (χ3v) is 6.05. The molecule has 4 rings (SSSR count). The van der Waals surface area contributed by atoms with E-state index in [9.17, 15) is 14.4 Å². The van der Waals surface area contributed by atoms with Gasteiger partial charge in [-0.05, 0) is 31.7 Å². The summed E-state index contributed by atoms with van der Waals surface area (Å²) in [5.41, 5.74) is 0.511. The minimum Gasteiger partial charge on any atom is -0.451 e. The third kappa shape index (κ3) is 2.74. The van der Waals surface area contributed by atoms with Gasteiger partial charge in [-0.1, -0.05) is 0 Å². The molecule has 132 valence electrons. The number of aromatic nitrogens is 2. The van der Waals surface area contributed by atoms with Gasteiger partial charge in [0.2, 0.25) is 0 Å². The average Bonchev–Trinajstić information content (AvgIpc) is 3.32. The molecule has 7 nitrogen and oxygen atoms in total. The van der Waals surface area contributed by atoms with Gasteiger partial charge in [-0.25, -0.2) is 9.78 Å². The van der Waals surface area contributed by atoms with E-state index in [4.69, 9.17) is 4.74 Å². The second-order valence-corrected chi connectivity index (χ2v) is 7.49. The van der Waals surface area contributed by atoms with Crippen LogP contribution in [0.25, 0.3) is 10.2 Å². The van der Waals surface area contributed by atoms with Crippen LogP contribution in [-0.2, 0) is 22.5 Å². The molecule has 0 saturated carbocycles. The van der Waals surface area contributed by atoms with Gasteiger partial charge in [0.15, 0.2) is 6.61 Å². The molecule has 2 aliphatic heterocycles. The quantitative estimate of drug-likeness (QED) is 0.774. The Bertz CT molecular complexity index is 924. The molecule has 0 N–H and O–H groups in total. The zero-order valence-corrected chi connectivity index (χ0v) is 14.9. The number of hydrogen-bond donors (Lipinski definition) is 0. The first kappa shape index (κ1) is 16.3. The van der Waals surface area contributed by atoms with Crippen LogP contribution >= 0.6 is 11.3 Å². The highest BCUT2D eigenvalue weighted by molar-refractivity contribution is 7.20. The van der Waals surface area contributed by atoms with Crippen LogP contribution < -0.4 is 5.56 Å². The van der Waals surface area contributed by atoms with Crippen LogP contribution in [0.1, 0.15) is 40.3 Å². The average molecular weight is 361 g/mol. The Balaban J connectivity index is 1.58. The fourth-order valence-corrected chi connectivity index (χ4v) is 4.60. The summed E-state index contributed by atoms with van der Waals surface area (Å²) in [5.74, 6) is 0.0577. The van der Waals surface area contributed by atoms with Crippen LogP contribution in [0.4, 0.5) is 0 Å². The van der Waals surface area contributed by atoms with E-state index in [1.54, 1.807) is 16.4 Å². The van der Waals surface area contributed by atoms with Crippen LogP contribution in [0.2, 0.25) is 0 Å². The van der Waals surface area contributed by atoms with Crippen LogP contribution in [0.5, 0.6) is 0 Å². The van der Waals surface area contributed by atoms with Crippen molar-refractivity contribution in [2.45, 2.75) is 39.2 Å². The normalized spacial score (nSPS) is 16.4. The smallest absolute Gasteiger partial charge is 0.349 e. The Labute approximate surface area is 148 Å². The van der Waals surface area contributed by atoms with E-state index in [2.05, 4.69) is 4.98 Å². The van der Waals surface area contributed by atoms with E-state index < -0.39 is 5.97 Å². The van der Waals surface area contributed by atoms with Gasteiger partial charge in [0.05, 0.1) is 5.39 Å². The Morgan fingerprint density at radius 1 is 1.20 bits per heavy atom. The van der Waals surface area contributed by atoms with Gasteiger partial charge in [-0.2, -0.15) is 0 Å². The molecule has 1 fully saturated rings. The molecule has 0 aliphatic carbocycles. The predicted molar refractivity (Wildman–Crippen MR) is 93.0 cm³/mol. The minimum atomic E-state index is -0.558. The van der Waals surface area contributed by atoms with Gasteiger partial charge in [0, 0.05) is 26.1 Å². The fourth-order valence-electron chi connectivity index (χ4n) is 3.52. The number of fused-ring (bicyclic) bond motifs is 2. The largest absolute Gasteiger partial charge is 0.451 e. The Morgan fingerprint density at radius 3 is 2.72 bits per heavy atom. The number of aryl methyl sites for hydroxylation is 2. The molecular formula is C17H19N3O4S. The minimum absolute atomic E-state index is 0.0848. The maximum atomic E-state index is 12.6. The summed E-state index contributed by atoms with van der Waals surface area (Å²) < 4.78 is 6.89. The van der Waals surface area contributed by atoms with Crippen molar-refractivity contribution in [2.75, 3.05) is 19.7 Å². The molecule has 0 aromatic carbocycles. The number of rotatable bonds is 3. The molecule has 8 heteroatoms. The lowest BCUT2D eigenvalue weighted by Gasteiger charge is -2.14. The summed E-state index contributed by atoms with van der Waals surface area (Å²) in [6, 6.07) is 0. The number of hydrogen-bond acceptors (Lipinski definition) is 6. The molecule has 1 amide bonds. The number of nitrogens with zero attached hydrogens (tertiary/aromatic N) is 3. The Hall–Kier alpha value is -2.22. The lowest BCUT2D eigenvalue weighted by molar-refractivity contribution is -0.133. The van der Waals surface area contributed by atoms with Gasteiger partial charge in [-0.3, -0.25) is 14.2 Å². The molecule has 2 aliphatic rings. The highest BCUT2D eigenvalue weighted by Crippen LogP contribution is 2.29. The first-order chi connectivity index (χ1) is 12.1. The lowest BCUT2D eigenvalue weighted by atomic mass is 10.2. The van der Waals surface area contributed by atoms with Gasteiger partial charge in [-0.15, -0.1) is 11.3 Å². The van der Waals surface area contributed by atoms with Gasteiger partial charge < -0.3 is 9.64 Å². The summed E-state index contributed by atoms with van der Waals surface area (Å²) >= 11 is 1.17. The molecule has 0 atom stereocenters. The number of thiophene rings is 1. The van der Waals surface area contributed by atoms with E-state index in [1.165, 1.54) is 11.3 Å². The summed E-state index contributed by atoms with van der Waals surface area (Å²) in [6.45, 7) is 3.61. The topological polar surface area (TPSA) is 81.5 Å². The molecule has 1 saturated heterocycles. The summed E-state index contributed by atoms with van der Waals surface area (Å²) in [5, 5.41) is 0.494. The second kappa shape index (κ2) is 6.25. The van der Waals surface area contributed by atoms with Crippen molar-refractivity contribution in [1.82, 2.24) is 14.5 Å². The number of carbonyl (C=O) groups excluding carboxylic acids is 2. The number of carbonyl (C=O) groups is 2. The zero-order chi connectivity index (χ0) is 17.6. The maximum absolute atomic E-state index is 12.6. The van der Waals surface area contributed by atoms with Crippen molar-refractivity contribution in [3.8, 4) is 0 Å². The van der Waals surface area contributed by atoms with E-state index >= 15 is 0 Å². The van der Waals surface area contributed by atoms with Crippen molar-refractivity contribution >= 4 is 33.4 Å². The molecule has 2 aromatic heterocycles. The zero-order valence-electron chi connectivity index (χ0n) is 14.0. The van der Waals surface area contributed by atoms with Crippen molar-refractivity contribution in [2.24, 2.45) is 0 Å². The SMILES string of the molecule is Cc1c(C(=O)OCC(=O)N2CCCC2)sc2nc3n(c(=O)c12)CCC3. The van der Waals surface area contributed by atoms with Gasteiger partial charge in [0.1, 0.15) is 15.5 Å². The number of ether oxygens (including phenoxy) is 1. The van der Waals surface area contributed by atoms with Crippen LogP contribution in [0.3, 0.4) is 0 Å². The van der Waals surface area contributed by atoms with Crippen LogP contribution in [-0.4, -0.2) is 46.0 Å². The van der Waals surface area contributed by atoms with Crippen LogP contribution in [0, 0.1) is 6.92 Å². The van der Waals surface area contributed by atoms with E-state index in [-0.39, 0.29) is 18.1 Å². The third-order valence-electron chi connectivity index (χ3n) is 4.88. The molecule has 0 unspecified atom stereocenters. The summed E-state index contributed by atoms with van der Waals surface area (Å²) in [4.78, 5) is 44.2. The number of esters is 1. The Morgan fingerprint density at radius 2 is 1.96 bits per heavy atom. The maximum Gasteiger partial charge on any atom is 0.349 e. The first-order valence-electron chi connectivity index (χ1n) is 8.54. The van der Waals surface area contributed by atoms with Gasteiger partial charge in [0.25, 0.3) is 11.5 Å². The summed E-state index contributed by atoms with van der Waals surface area (Å²) in [6.07, 6.45) is 3.70. The standard InChI is InChI=1S/C17H19N3O4S/c1-10-13-15(18-11-5-4-8-20(11)16(13)22)25-14(10)17(23)24-9-12(21)19-6-2-3-7-19/h2-9H2,1H3. The molecule has 0 bridgehead atoms.